The van der Waals surface area contributed by atoms with Crippen LogP contribution in [0, 0.1) is 17.3 Å². The lowest BCUT2D eigenvalue weighted by molar-refractivity contribution is -0.225. The van der Waals surface area contributed by atoms with Gasteiger partial charge >= 0.3 is 5.97 Å². The number of ether oxygens (including phenoxy) is 1. The van der Waals surface area contributed by atoms with Crippen molar-refractivity contribution in [3.63, 3.8) is 0 Å². The molecule has 0 aromatic carbocycles. The second-order valence-corrected chi connectivity index (χ2v) is 7.02. The Morgan fingerprint density at radius 1 is 1.38 bits per heavy atom. The minimum Gasteiger partial charge on any atom is -0.481 e. The van der Waals surface area contributed by atoms with E-state index in [-0.39, 0.29) is 17.9 Å². The number of carbonyl (C=O) groups excluding carboxylic acids is 1. The van der Waals surface area contributed by atoms with Crippen molar-refractivity contribution < 1.29 is 19.4 Å². The molecular weight excluding hydrogens is 272 g/mol. The van der Waals surface area contributed by atoms with Crippen LogP contribution < -0.4 is 11.1 Å². The van der Waals surface area contributed by atoms with E-state index in [1.807, 2.05) is 13.8 Å². The molecule has 2 aliphatic rings. The summed E-state index contributed by atoms with van der Waals surface area (Å²) in [5.74, 6) is -1.84. The van der Waals surface area contributed by atoms with E-state index in [1.54, 1.807) is 13.8 Å². The zero-order valence-electron chi connectivity index (χ0n) is 13.2. The molecule has 2 fully saturated rings. The molecule has 2 rings (SSSR count). The lowest BCUT2D eigenvalue weighted by Gasteiger charge is -2.65. The number of carboxylic acids is 1. The minimum atomic E-state index is -0.995. The van der Waals surface area contributed by atoms with Gasteiger partial charge in [-0.1, -0.05) is 13.8 Å². The van der Waals surface area contributed by atoms with Gasteiger partial charge in [-0.3, -0.25) is 9.59 Å². The summed E-state index contributed by atoms with van der Waals surface area (Å²) in [6.07, 6.45) is 1.79. The average molecular weight is 298 g/mol. The molecule has 1 heterocycles. The highest BCUT2D eigenvalue weighted by Gasteiger charge is 2.70. The summed E-state index contributed by atoms with van der Waals surface area (Å²) >= 11 is 0. The Bertz CT molecular complexity index is 451. The first-order valence-electron chi connectivity index (χ1n) is 7.58. The third-order valence-corrected chi connectivity index (χ3v) is 5.56. The van der Waals surface area contributed by atoms with Crippen LogP contribution in [0.3, 0.4) is 0 Å². The van der Waals surface area contributed by atoms with Gasteiger partial charge in [-0.25, -0.2) is 0 Å². The van der Waals surface area contributed by atoms with Crippen LogP contribution in [0.25, 0.3) is 0 Å². The molecule has 0 spiro atoms. The molecule has 0 bridgehead atoms. The van der Waals surface area contributed by atoms with Crippen LogP contribution in [-0.2, 0) is 14.3 Å². The number of rotatable bonds is 4. The molecule has 1 saturated carbocycles. The maximum Gasteiger partial charge on any atom is 0.308 e. The number of hydrogen-bond donors (Lipinski definition) is 3. The van der Waals surface area contributed by atoms with Gasteiger partial charge in [-0.2, -0.15) is 0 Å². The number of nitrogens with two attached hydrogens (primary N) is 1. The molecule has 5 atom stereocenters. The van der Waals surface area contributed by atoms with Crippen molar-refractivity contribution in [2.45, 2.75) is 58.2 Å². The summed E-state index contributed by atoms with van der Waals surface area (Å²) in [5.41, 5.74) is 5.02. The number of hydrogen-bond acceptors (Lipinski definition) is 4. The van der Waals surface area contributed by atoms with Gasteiger partial charge in [-0.05, 0) is 26.7 Å². The molecule has 4 N–H and O–H groups in total. The first-order chi connectivity index (χ1) is 9.64. The van der Waals surface area contributed by atoms with Crippen LogP contribution in [0.15, 0.2) is 0 Å². The molecule has 5 unspecified atom stereocenters. The van der Waals surface area contributed by atoms with Crippen molar-refractivity contribution in [2.24, 2.45) is 23.0 Å². The van der Waals surface area contributed by atoms with Crippen LogP contribution >= 0.6 is 0 Å². The van der Waals surface area contributed by atoms with Gasteiger partial charge in [0.05, 0.1) is 12.0 Å². The number of nitrogens with one attached hydrogen (secondary N) is 1. The van der Waals surface area contributed by atoms with E-state index in [1.165, 1.54) is 0 Å². The van der Waals surface area contributed by atoms with Crippen molar-refractivity contribution in [1.29, 1.82) is 0 Å². The molecule has 0 radical (unpaired) electrons. The summed E-state index contributed by atoms with van der Waals surface area (Å²) in [5, 5.41) is 11.8. The monoisotopic (exact) mass is 298 g/mol. The van der Waals surface area contributed by atoms with Crippen LogP contribution in [0.5, 0.6) is 0 Å². The maximum atomic E-state index is 12.7. The highest BCUT2D eigenvalue weighted by molar-refractivity contribution is 5.90. The second kappa shape index (κ2) is 5.25. The second-order valence-electron chi connectivity index (χ2n) is 7.02. The minimum absolute atomic E-state index is 0.00795. The van der Waals surface area contributed by atoms with Gasteiger partial charge < -0.3 is 20.9 Å². The Hall–Kier alpha value is -1.14. The van der Waals surface area contributed by atoms with E-state index in [2.05, 4.69) is 5.32 Å². The number of fused-ring (bicyclic) bond motifs is 1. The van der Waals surface area contributed by atoms with E-state index in [0.717, 1.165) is 19.4 Å². The highest BCUT2D eigenvalue weighted by Crippen LogP contribution is 2.57. The summed E-state index contributed by atoms with van der Waals surface area (Å²) < 4.78 is 5.77. The summed E-state index contributed by atoms with van der Waals surface area (Å²) in [6.45, 7) is 7.89. The molecule has 1 amide bonds. The molecule has 1 saturated heterocycles. The zero-order valence-corrected chi connectivity index (χ0v) is 13.2. The quantitative estimate of drug-likeness (QED) is 0.710. The largest absolute Gasteiger partial charge is 0.481 e. The van der Waals surface area contributed by atoms with Crippen LogP contribution in [0.1, 0.15) is 40.5 Å². The van der Waals surface area contributed by atoms with E-state index in [9.17, 15) is 9.59 Å². The predicted octanol–water partition coefficient (Wildman–Crippen LogP) is 0.744. The normalized spacial score (nSPS) is 36.8. The van der Waals surface area contributed by atoms with E-state index in [0.29, 0.717) is 0 Å². The fourth-order valence-corrected chi connectivity index (χ4v) is 3.70. The Balaban J connectivity index is 2.12. The number of aliphatic carboxylic acids is 1. The van der Waals surface area contributed by atoms with E-state index < -0.39 is 28.9 Å². The Morgan fingerprint density at radius 2 is 2.00 bits per heavy atom. The number of carboxylic acid groups (broad SMARTS) is 1. The van der Waals surface area contributed by atoms with Crippen LogP contribution in [0.4, 0.5) is 0 Å². The lowest BCUT2D eigenvalue weighted by atomic mass is 9.46. The molecule has 0 aromatic rings. The first kappa shape index (κ1) is 16.2. The third kappa shape index (κ3) is 2.25. The van der Waals surface area contributed by atoms with Crippen LogP contribution in [-0.4, -0.2) is 41.3 Å². The van der Waals surface area contributed by atoms with Crippen molar-refractivity contribution in [1.82, 2.24) is 5.32 Å². The first-order valence-corrected chi connectivity index (χ1v) is 7.58. The molecule has 6 nitrogen and oxygen atoms in total. The lowest BCUT2D eigenvalue weighted by Crippen LogP contribution is -2.82. The standard InChI is InChI=1S/C15H26N2O4/c1-8(12(18)19)9(2)17-13(20)15(16)10-6-5-7-21-11(10)14(15,3)4/h8-11H,5-7,16H2,1-4H3,(H,17,20)(H,18,19). The predicted molar refractivity (Wildman–Crippen MR) is 77.6 cm³/mol. The zero-order chi connectivity index (χ0) is 16.0. The van der Waals surface area contributed by atoms with Gasteiger partial charge in [0.2, 0.25) is 5.91 Å². The molecule has 1 aliphatic heterocycles. The summed E-state index contributed by atoms with van der Waals surface area (Å²) in [7, 11) is 0. The molecular formula is C15H26N2O4. The smallest absolute Gasteiger partial charge is 0.308 e. The summed E-state index contributed by atoms with van der Waals surface area (Å²) in [4.78, 5) is 23.7. The van der Waals surface area contributed by atoms with E-state index >= 15 is 0 Å². The Labute approximate surface area is 125 Å². The Morgan fingerprint density at radius 3 is 2.57 bits per heavy atom. The topological polar surface area (TPSA) is 102 Å². The van der Waals surface area contributed by atoms with Crippen molar-refractivity contribution in [2.75, 3.05) is 6.61 Å². The number of carbonyl (C=O) groups is 2. The fraction of sp³-hybridized carbons (Fsp3) is 0.867. The van der Waals surface area contributed by atoms with Crippen molar-refractivity contribution in [3.8, 4) is 0 Å². The summed E-state index contributed by atoms with van der Waals surface area (Å²) in [6, 6.07) is -0.463. The van der Waals surface area contributed by atoms with Gasteiger partial charge in [0, 0.05) is 24.0 Å². The molecule has 0 aromatic heterocycles. The molecule has 6 heteroatoms. The van der Waals surface area contributed by atoms with Gasteiger partial charge in [0.1, 0.15) is 5.54 Å². The fourth-order valence-electron chi connectivity index (χ4n) is 3.70. The van der Waals surface area contributed by atoms with Gasteiger partial charge in [-0.15, -0.1) is 0 Å². The van der Waals surface area contributed by atoms with Crippen molar-refractivity contribution in [3.05, 3.63) is 0 Å². The molecule has 1 aliphatic carbocycles. The van der Waals surface area contributed by atoms with Gasteiger partial charge in [0.15, 0.2) is 0 Å². The third-order valence-electron chi connectivity index (χ3n) is 5.56. The van der Waals surface area contributed by atoms with Crippen LogP contribution in [0.2, 0.25) is 0 Å². The molecule has 21 heavy (non-hydrogen) atoms. The SMILES string of the molecule is CC(NC(=O)C1(N)C2CCCOC2C1(C)C)C(C)C(=O)O. The Kier molecular flexibility index (Phi) is 4.06. The maximum absolute atomic E-state index is 12.7. The molecule has 120 valence electrons. The van der Waals surface area contributed by atoms with Crippen molar-refractivity contribution >= 4 is 11.9 Å². The number of amides is 1. The van der Waals surface area contributed by atoms with E-state index in [4.69, 9.17) is 15.6 Å². The average Bonchev–Trinajstić information content (AvgIpc) is 2.45. The van der Waals surface area contributed by atoms with Gasteiger partial charge in [0.25, 0.3) is 0 Å². The highest BCUT2D eigenvalue weighted by atomic mass is 16.5.